The van der Waals surface area contributed by atoms with Gasteiger partial charge in [0.2, 0.25) is 0 Å². The van der Waals surface area contributed by atoms with Gasteiger partial charge in [-0.05, 0) is 30.0 Å². The van der Waals surface area contributed by atoms with E-state index in [2.05, 4.69) is 5.32 Å². The van der Waals surface area contributed by atoms with Gasteiger partial charge < -0.3 is 16.2 Å². The molecule has 23 heavy (non-hydrogen) atoms. The summed E-state index contributed by atoms with van der Waals surface area (Å²) in [6, 6.07) is 6.77. The summed E-state index contributed by atoms with van der Waals surface area (Å²) in [5.74, 6) is 0.127. The van der Waals surface area contributed by atoms with Crippen LogP contribution in [0.3, 0.4) is 0 Å². The predicted molar refractivity (Wildman–Crippen MR) is 95.7 cm³/mol. The van der Waals surface area contributed by atoms with Crippen molar-refractivity contribution >= 4 is 29.9 Å². The number of nitrogens with one attached hydrogen (secondary N) is 1. The van der Waals surface area contributed by atoms with Crippen LogP contribution in [0, 0.1) is 5.92 Å². The highest BCUT2D eigenvalue weighted by Gasteiger charge is 2.26. The Hall–Kier alpha value is -0.810. The molecule has 0 aromatic heterocycles. The molecule has 1 amide bonds. The molecule has 1 fully saturated rings. The smallest absolute Gasteiger partial charge is 0.250 e. The second kappa shape index (κ2) is 10.1. The normalized spacial score (nSPS) is 17.9. The molecular weight excluding hydrogens is 335 g/mol. The van der Waals surface area contributed by atoms with Gasteiger partial charge in [0.05, 0.1) is 0 Å². The Morgan fingerprint density at radius 2 is 2.04 bits per heavy atom. The van der Waals surface area contributed by atoms with Gasteiger partial charge in [-0.25, -0.2) is 0 Å². The van der Waals surface area contributed by atoms with Crippen LogP contribution in [0.15, 0.2) is 24.3 Å². The highest BCUT2D eigenvalue weighted by molar-refractivity contribution is 6.30. The minimum Gasteiger partial charge on any atom is -0.382 e. The molecule has 1 aliphatic rings. The van der Waals surface area contributed by atoms with E-state index in [1.54, 1.807) is 12.1 Å². The second-order valence-corrected chi connectivity index (χ2v) is 6.63. The molecule has 0 heterocycles. The predicted octanol–water partition coefficient (Wildman–Crippen LogP) is 3.04. The number of benzene rings is 1. The SMILES string of the molecule is Cl.N[C@H](CC1CCCCC1)C(O)C(=O)NCc1cccc(Cl)c1. The highest BCUT2D eigenvalue weighted by atomic mass is 35.5. The van der Waals surface area contributed by atoms with Crippen LogP contribution in [0.25, 0.3) is 0 Å². The largest absolute Gasteiger partial charge is 0.382 e. The number of rotatable bonds is 6. The van der Waals surface area contributed by atoms with Gasteiger partial charge in [0, 0.05) is 17.6 Å². The number of aliphatic hydroxyl groups is 1. The first kappa shape index (κ1) is 20.2. The number of amides is 1. The van der Waals surface area contributed by atoms with Gasteiger partial charge in [0.1, 0.15) is 6.10 Å². The summed E-state index contributed by atoms with van der Waals surface area (Å²) in [5, 5.41) is 13.4. The van der Waals surface area contributed by atoms with Gasteiger partial charge in [-0.3, -0.25) is 4.79 Å². The maximum atomic E-state index is 12.0. The van der Waals surface area contributed by atoms with E-state index in [1.807, 2.05) is 12.1 Å². The van der Waals surface area contributed by atoms with Crippen molar-refractivity contribution in [3.05, 3.63) is 34.9 Å². The molecule has 4 N–H and O–H groups in total. The molecule has 6 heteroatoms. The summed E-state index contributed by atoms with van der Waals surface area (Å²) < 4.78 is 0. The molecule has 2 rings (SSSR count). The number of carbonyl (C=O) groups is 1. The van der Waals surface area contributed by atoms with Gasteiger partial charge in [-0.2, -0.15) is 0 Å². The van der Waals surface area contributed by atoms with Crippen molar-refractivity contribution in [2.24, 2.45) is 11.7 Å². The Labute approximate surface area is 149 Å². The fourth-order valence-corrected chi connectivity index (χ4v) is 3.28. The van der Waals surface area contributed by atoms with Crippen molar-refractivity contribution in [1.82, 2.24) is 5.32 Å². The van der Waals surface area contributed by atoms with Crippen LogP contribution >= 0.6 is 24.0 Å². The minimum atomic E-state index is -1.15. The fourth-order valence-electron chi connectivity index (χ4n) is 3.07. The van der Waals surface area contributed by atoms with E-state index in [-0.39, 0.29) is 12.4 Å². The molecule has 1 aromatic rings. The van der Waals surface area contributed by atoms with Gasteiger partial charge in [-0.15, -0.1) is 12.4 Å². The second-order valence-electron chi connectivity index (χ2n) is 6.20. The van der Waals surface area contributed by atoms with Crippen LogP contribution < -0.4 is 11.1 Å². The molecule has 4 nitrogen and oxygen atoms in total. The first-order valence-electron chi connectivity index (χ1n) is 8.02. The average molecular weight is 361 g/mol. The van der Waals surface area contributed by atoms with Gasteiger partial charge in [-0.1, -0.05) is 55.8 Å². The van der Waals surface area contributed by atoms with Crippen molar-refractivity contribution in [2.75, 3.05) is 0 Å². The zero-order valence-electron chi connectivity index (χ0n) is 13.2. The number of hydrogen-bond donors (Lipinski definition) is 3. The summed E-state index contributed by atoms with van der Waals surface area (Å²) in [7, 11) is 0. The quantitative estimate of drug-likeness (QED) is 0.729. The van der Waals surface area contributed by atoms with E-state index >= 15 is 0 Å². The van der Waals surface area contributed by atoms with Crippen molar-refractivity contribution in [1.29, 1.82) is 0 Å². The highest BCUT2D eigenvalue weighted by Crippen LogP contribution is 2.27. The first-order chi connectivity index (χ1) is 10.6. The molecule has 0 radical (unpaired) electrons. The summed E-state index contributed by atoms with van der Waals surface area (Å²) in [5.41, 5.74) is 6.91. The lowest BCUT2D eigenvalue weighted by atomic mass is 9.84. The molecule has 2 atom stereocenters. The summed E-state index contributed by atoms with van der Waals surface area (Å²) in [4.78, 5) is 12.0. The third-order valence-corrected chi connectivity index (χ3v) is 4.60. The molecule has 0 bridgehead atoms. The Kier molecular flexibility index (Phi) is 8.92. The van der Waals surface area contributed by atoms with Crippen molar-refractivity contribution < 1.29 is 9.90 Å². The van der Waals surface area contributed by atoms with Gasteiger partial charge >= 0.3 is 0 Å². The van der Waals surface area contributed by atoms with Gasteiger partial charge in [0.15, 0.2) is 0 Å². The number of hydrogen-bond acceptors (Lipinski definition) is 3. The topological polar surface area (TPSA) is 75.3 Å². The number of nitrogens with two attached hydrogens (primary N) is 1. The molecular formula is C17H26Cl2N2O2. The average Bonchev–Trinajstić information content (AvgIpc) is 2.53. The van der Waals surface area contributed by atoms with E-state index in [0.717, 1.165) is 18.4 Å². The lowest BCUT2D eigenvalue weighted by molar-refractivity contribution is -0.130. The maximum Gasteiger partial charge on any atom is 0.250 e. The van der Waals surface area contributed by atoms with Crippen LogP contribution in [0.4, 0.5) is 0 Å². The molecule has 0 spiro atoms. The van der Waals surface area contributed by atoms with Gasteiger partial charge in [0.25, 0.3) is 5.91 Å². The minimum absolute atomic E-state index is 0. The summed E-state index contributed by atoms with van der Waals surface area (Å²) in [6.07, 6.45) is 5.62. The van der Waals surface area contributed by atoms with E-state index in [1.165, 1.54) is 19.3 Å². The fraction of sp³-hybridized carbons (Fsp3) is 0.588. The molecule has 1 unspecified atom stereocenters. The molecule has 1 saturated carbocycles. The number of carbonyl (C=O) groups excluding carboxylic acids is 1. The molecule has 1 aliphatic carbocycles. The van der Waals surface area contributed by atoms with E-state index in [4.69, 9.17) is 17.3 Å². The maximum absolute atomic E-state index is 12.0. The lowest BCUT2D eigenvalue weighted by Gasteiger charge is -2.26. The molecule has 0 saturated heterocycles. The monoisotopic (exact) mass is 360 g/mol. The third-order valence-electron chi connectivity index (χ3n) is 4.36. The Balaban J connectivity index is 0.00000264. The first-order valence-corrected chi connectivity index (χ1v) is 8.40. The zero-order valence-corrected chi connectivity index (χ0v) is 14.8. The Morgan fingerprint density at radius 3 is 2.70 bits per heavy atom. The third kappa shape index (κ3) is 6.68. The standard InChI is InChI=1S/C17H25ClN2O2.ClH/c18-14-8-4-7-13(9-14)11-20-17(22)16(21)15(19)10-12-5-2-1-3-6-12;/h4,7-9,12,15-16,21H,1-3,5-6,10-11,19H2,(H,20,22);1H/t15-,16?;/m1./s1. The van der Waals surface area contributed by atoms with Crippen LogP contribution in [0.5, 0.6) is 0 Å². The number of aliphatic hydroxyl groups excluding tert-OH is 1. The lowest BCUT2D eigenvalue weighted by Crippen LogP contribution is -2.47. The van der Waals surface area contributed by atoms with E-state index < -0.39 is 18.1 Å². The van der Waals surface area contributed by atoms with Crippen LogP contribution in [-0.2, 0) is 11.3 Å². The number of halogens is 2. The van der Waals surface area contributed by atoms with Crippen molar-refractivity contribution in [3.8, 4) is 0 Å². The Bertz CT molecular complexity index is 493. The summed E-state index contributed by atoms with van der Waals surface area (Å²) >= 11 is 5.90. The molecule has 130 valence electrons. The van der Waals surface area contributed by atoms with Crippen molar-refractivity contribution in [2.45, 2.75) is 57.2 Å². The molecule has 0 aliphatic heterocycles. The van der Waals surface area contributed by atoms with Crippen LogP contribution in [0.1, 0.15) is 44.1 Å². The van der Waals surface area contributed by atoms with E-state index in [9.17, 15) is 9.90 Å². The van der Waals surface area contributed by atoms with Crippen LogP contribution in [-0.4, -0.2) is 23.2 Å². The van der Waals surface area contributed by atoms with Crippen LogP contribution in [0.2, 0.25) is 5.02 Å². The molecule has 1 aromatic carbocycles. The zero-order chi connectivity index (χ0) is 15.9. The van der Waals surface area contributed by atoms with Crippen molar-refractivity contribution in [3.63, 3.8) is 0 Å². The van der Waals surface area contributed by atoms with E-state index in [0.29, 0.717) is 23.9 Å². The summed E-state index contributed by atoms with van der Waals surface area (Å²) in [6.45, 7) is 0.340. The Morgan fingerprint density at radius 1 is 1.35 bits per heavy atom.